The van der Waals surface area contributed by atoms with Gasteiger partial charge in [-0.05, 0) is 11.5 Å². The molecule has 0 saturated heterocycles. The van der Waals surface area contributed by atoms with Crippen LogP contribution >= 0.6 is 0 Å². The molecular weight excluding hydrogens is 148 g/mol. The highest BCUT2D eigenvalue weighted by molar-refractivity contribution is 5.55. The molecule has 1 N–H and O–H groups in total. The summed E-state index contributed by atoms with van der Waals surface area (Å²) in [6, 6.07) is 0. The van der Waals surface area contributed by atoms with Crippen LogP contribution in [-0.4, -0.2) is 19.4 Å². The van der Waals surface area contributed by atoms with Crippen LogP contribution in [0, 0.1) is 5.92 Å². The number of aliphatic imine (C=N–C) groups is 1. The Morgan fingerprint density at radius 3 is 3.08 bits per heavy atom. The van der Waals surface area contributed by atoms with Crippen LogP contribution in [0.5, 0.6) is 0 Å². The number of nitrogens with zero attached hydrogens (tertiary/aromatic N) is 1. The normalized spacial score (nSPS) is 17.8. The highest BCUT2D eigenvalue weighted by Gasteiger charge is 2.00. The molecule has 0 fully saturated rings. The summed E-state index contributed by atoms with van der Waals surface area (Å²) in [5, 5.41) is 3.07. The van der Waals surface area contributed by atoms with E-state index in [0.717, 1.165) is 13.1 Å². The third-order valence-electron chi connectivity index (χ3n) is 1.88. The summed E-state index contributed by atoms with van der Waals surface area (Å²) < 4.78 is 0. The Labute approximate surface area is 74.1 Å². The average Bonchev–Trinajstić information content (AvgIpc) is 2.15. The van der Waals surface area contributed by atoms with Gasteiger partial charge in [0.25, 0.3) is 0 Å². The van der Waals surface area contributed by atoms with Gasteiger partial charge in [0.2, 0.25) is 0 Å². The smallest absolute Gasteiger partial charge is 0.0830 e. The van der Waals surface area contributed by atoms with Crippen molar-refractivity contribution in [2.75, 3.05) is 13.1 Å². The van der Waals surface area contributed by atoms with Crippen molar-refractivity contribution in [2.45, 2.75) is 13.8 Å². The van der Waals surface area contributed by atoms with Gasteiger partial charge in [0.15, 0.2) is 0 Å². The molecule has 0 aromatic heterocycles. The molecule has 0 spiro atoms. The van der Waals surface area contributed by atoms with Crippen LogP contribution in [-0.2, 0) is 0 Å². The van der Waals surface area contributed by atoms with Gasteiger partial charge in [0.05, 0.1) is 12.9 Å². The van der Waals surface area contributed by atoms with E-state index in [0.29, 0.717) is 5.92 Å². The topological polar surface area (TPSA) is 24.4 Å². The molecule has 0 aliphatic carbocycles. The molecule has 0 bridgehead atoms. The first-order valence-corrected chi connectivity index (χ1v) is 4.38. The summed E-state index contributed by atoms with van der Waals surface area (Å²) in [5.41, 5.74) is 1.38. The Hall–Kier alpha value is -1.05. The zero-order valence-corrected chi connectivity index (χ0v) is 7.75. The number of allylic oxidation sites excluding steroid dienone is 2. The van der Waals surface area contributed by atoms with E-state index in [1.807, 2.05) is 0 Å². The zero-order valence-electron chi connectivity index (χ0n) is 7.75. The van der Waals surface area contributed by atoms with E-state index >= 15 is 0 Å². The van der Waals surface area contributed by atoms with Gasteiger partial charge in [-0.1, -0.05) is 32.1 Å². The van der Waals surface area contributed by atoms with Crippen LogP contribution in [0.2, 0.25) is 0 Å². The first-order valence-electron chi connectivity index (χ1n) is 4.38. The van der Waals surface area contributed by atoms with E-state index in [2.05, 4.69) is 42.4 Å². The Morgan fingerprint density at radius 2 is 2.33 bits per heavy atom. The van der Waals surface area contributed by atoms with Crippen molar-refractivity contribution in [1.82, 2.24) is 5.32 Å². The summed E-state index contributed by atoms with van der Waals surface area (Å²) >= 11 is 0. The number of nitrogens with one attached hydrogen (secondary N) is 1. The third kappa shape index (κ3) is 2.91. The summed E-state index contributed by atoms with van der Waals surface area (Å²) in [6.45, 7) is 6.07. The van der Waals surface area contributed by atoms with Crippen LogP contribution in [0.4, 0.5) is 0 Å². The molecule has 12 heavy (non-hydrogen) atoms. The molecule has 1 aliphatic rings. The maximum atomic E-state index is 4.25. The summed E-state index contributed by atoms with van der Waals surface area (Å²) in [5.74, 6) is 0.588. The fraction of sp³-hybridized carbons (Fsp3) is 0.500. The molecular formula is C10H16N2. The van der Waals surface area contributed by atoms with Crippen molar-refractivity contribution < 1.29 is 0 Å². The average molecular weight is 164 g/mol. The van der Waals surface area contributed by atoms with E-state index in [1.165, 1.54) is 5.57 Å². The van der Waals surface area contributed by atoms with Crippen molar-refractivity contribution in [3.8, 4) is 0 Å². The molecule has 2 heteroatoms. The van der Waals surface area contributed by atoms with Crippen molar-refractivity contribution in [3.63, 3.8) is 0 Å². The van der Waals surface area contributed by atoms with Gasteiger partial charge in [-0.15, -0.1) is 0 Å². The van der Waals surface area contributed by atoms with E-state index in [-0.39, 0.29) is 0 Å². The van der Waals surface area contributed by atoms with Crippen LogP contribution in [0.1, 0.15) is 13.8 Å². The molecule has 0 aromatic rings. The second-order valence-corrected chi connectivity index (χ2v) is 3.20. The second-order valence-electron chi connectivity index (χ2n) is 3.20. The minimum atomic E-state index is 0.588. The summed E-state index contributed by atoms with van der Waals surface area (Å²) in [7, 11) is 0. The Kier molecular flexibility index (Phi) is 3.58. The van der Waals surface area contributed by atoms with Crippen molar-refractivity contribution in [2.24, 2.45) is 10.9 Å². The molecule has 1 aliphatic heterocycles. The van der Waals surface area contributed by atoms with Gasteiger partial charge in [0.1, 0.15) is 0 Å². The first kappa shape index (κ1) is 9.04. The second kappa shape index (κ2) is 4.75. The molecule has 0 amide bonds. The molecule has 66 valence electrons. The van der Waals surface area contributed by atoms with E-state index < -0.39 is 0 Å². The van der Waals surface area contributed by atoms with Crippen LogP contribution in [0.3, 0.4) is 0 Å². The molecule has 1 heterocycles. The van der Waals surface area contributed by atoms with E-state index in [1.54, 1.807) is 6.34 Å². The van der Waals surface area contributed by atoms with Crippen molar-refractivity contribution >= 4 is 6.34 Å². The lowest BCUT2D eigenvalue weighted by atomic mass is 10.0. The molecule has 0 unspecified atom stereocenters. The van der Waals surface area contributed by atoms with E-state index in [9.17, 15) is 0 Å². The van der Waals surface area contributed by atoms with Gasteiger partial charge in [-0.2, -0.15) is 0 Å². The lowest BCUT2D eigenvalue weighted by molar-refractivity contribution is 0.747. The molecule has 0 saturated carbocycles. The lowest BCUT2D eigenvalue weighted by Crippen LogP contribution is -2.10. The minimum Gasteiger partial charge on any atom is -0.373 e. The van der Waals surface area contributed by atoms with Crippen LogP contribution in [0.15, 0.2) is 28.8 Å². The van der Waals surface area contributed by atoms with E-state index in [4.69, 9.17) is 0 Å². The maximum Gasteiger partial charge on any atom is 0.0830 e. The third-order valence-corrected chi connectivity index (χ3v) is 1.88. The number of hydrogen-bond donors (Lipinski definition) is 1. The molecule has 0 radical (unpaired) electrons. The summed E-state index contributed by atoms with van der Waals surface area (Å²) in [6.07, 6.45) is 8.14. The predicted molar refractivity (Wildman–Crippen MR) is 53.4 cm³/mol. The van der Waals surface area contributed by atoms with Gasteiger partial charge < -0.3 is 5.32 Å². The van der Waals surface area contributed by atoms with Crippen LogP contribution < -0.4 is 5.32 Å². The highest BCUT2D eigenvalue weighted by Crippen LogP contribution is 2.09. The first-order chi connectivity index (χ1) is 5.80. The summed E-state index contributed by atoms with van der Waals surface area (Å²) in [4.78, 5) is 4.25. The number of rotatable bonds is 1. The zero-order chi connectivity index (χ0) is 8.81. The molecule has 1 rings (SSSR count). The SMILES string of the molecule is CC(C)C1=CC=CCNC=NC1. The fourth-order valence-electron chi connectivity index (χ4n) is 1.02. The van der Waals surface area contributed by atoms with Gasteiger partial charge >= 0.3 is 0 Å². The number of hydrogen-bond acceptors (Lipinski definition) is 2. The Morgan fingerprint density at radius 1 is 1.50 bits per heavy atom. The van der Waals surface area contributed by atoms with Crippen LogP contribution in [0.25, 0.3) is 0 Å². The molecule has 0 atom stereocenters. The maximum absolute atomic E-state index is 4.25. The molecule has 2 nitrogen and oxygen atoms in total. The largest absolute Gasteiger partial charge is 0.373 e. The Bertz CT molecular complexity index is 212. The fourth-order valence-corrected chi connectivity index (χ4v) is 1.02. The molecule has 0 aromatic carbocycles. The Balaban J connectivity index is 2.67. The highest BCUT2D eigenvalue weighted by atomic mass is 14.9. The van der Waals surface area contributed by atoms with Gasteiger partial charge in [-0.3, -0.25) is 4.99 Å². The van der Waals surface area contributed by atoms with Crippen molar-refractivity contribution in [3.05, 3.63) is 23.8 Å². The monoisotopic (exact) mass is 164 g/mol. The van der Waals surface area contributed by atoms with Crippen molar-refractivity contribution in [1.29, 1.82) is 0 Å². The minimum absolute atomic E-state index is 0.588. The van der Waals surface area contributed by atoms with Gasteiger partial charge in [-0.25, -0.2) is 0 Å². The predicted octanol–water partition coefficient (Wildman–Crippen LogP) is 1.76. The quantitative estimate of drug-likeness (QED) is 0.627. The van der Waals surface area contributed by atoms with Gasteiger partial charge in [0, 0.05) is 6.54 Å². The standard InChI is InChI=1S/C10H16N2/c1-9(2)10-5-3-4-6-11-8-12-7-10/h3-5,8-9H,6-7H2,1-2H3,(H,11,12). The lowest BCUT2D eigenvalue weighted by Gasteiger charge is -2.06.